The van der Waals surface area contributed by atoms with Gasteiger partial charge in [-0.1, -0.05) is 23.3 Å². The fraction of sp³-hybridized carbons (Fsp3) is 0.522. The first-order valence-corrected chi connectivity index (χ1v) is 9.96. The fourth-order valence-electron chi connectivity index (χ4n) is 3.23. The molecule has 160 valence electrons. The average Bonchev–Trinajstić information content (AvgIpc) is 2.99. The van der Waals surface area contributed by atoms with Crippen LogP contribution in [-0.4, -0.2) is 38.1 Å². The molecule has 0 spiro atoms. The van der Waals surface area contributed by atoms with Gasteiger partial charge in [0, 0.05) is 11.1 Å². The van der Waals surface area contributed by atoms with Crippen LogP contribution in [0.2, 0.25) is 0 Å². The standard InChI is InChI=1S/C23H32O6/c1-14(6-5-7-15(2)9-11-20(25)23(3,4)28)8-10-16-19(24)12-17-18(21(16)26)13-29-22(17)27/h7-8,12,20,24-26,28H,5-6,9-11,13H2,1-4H3. The molecule has 0 aromatic heterocycles. The number of ether oxygens (including phenoxy) is 1. The molecule has 1 aromatic rings. The third-order valence-corrected chi connectivity index (χ3v) is 5.37. The minimum atomic E-state index is -1.09. The van der Waals surface area contributed by atoms with E-state index in [0.717, 1.165) is 24.8 Å². The van der Waals surface area contributed by atoms with Gasteiger partial charge in [-0.05, 0) is 65.9 Å². The number of phenols is 2. The Bertz CT molecular complexity index is 814. The predicted octanol–water partition coefficient (Wildman–Crippen LogP) is 3.90. The summed E-state index contributed by atoms with van der Waals surface area (Å²) in [6.45, 7) is 7.25. The number of esters is 1. The van der Waals surface area contributed by atoms with Crippen molar-refractivity contribution in [3.8, 4) is 11.5 Å². The molecule has 2 rings (SSSR count). The molecular formula is C23H32O6. The van der Waals surface area contributed by atoms with Gasteiger partial charge < -0.3 is 25.2 Å². The molecule has 0 bridgehead atoms. The van der Waals surface area contributed by atoms with Crippen molar-refractivity contribution in [2.75, 3.05) is 0 Å². The summed E-state index contributed by atoms with van der Waals surface area (Å²) in [5.41, 5.74) is 2.25. The Hall–Kier alpha value is -2.31. The van der Waals surface area contributed by atoms with Crippen molar-refractivity contribution >= 4 is 5.97 Å². The van der Waals surface area contributed by atoms with Gasteiger partial charge in [-0.3, -0.25) is 0 Å². The number of hydrogen-bond donors (Lipinski definition) is 4. The molecule has 0 fully saturated rings. The van der Waals surface area contributed by atoms with E-state index in [9.17, 15) is 25.2 Å². The Balaban J connectivity index is 1.89. The maximum atomic E-state index is 11.6. The molecule has 1 aliphatic rings. The molecule has 4 N–H and O–H groups in total. The molecule has 1 unspecified atom stereocenters. The number of allylic oxidation sites excluding steroid dienone is 4. The molecule has 0 saturated heterocycles. The summed E-state index contributed by atoms with van der Waals surface area (Å²) in [5, 5.41) is 40.2. The number of cyclic esters (lactones) is 1. The normalized spacial score (nSPS) is 16.0. The number of carbonyl (C=O) groups excluding carboxylic acids is 1. The Morgan fingerprint density at radius 3 is 2.52 bits per heavy atom. The number of aromatic hydroxyl groups is 2. The topological polar surface area (TPSA) is 107 Å². The lowest BCUT2D eigenvalue weighted by Crippen LogP contribution is -2.35. The zero-order valence-electron chi connectivity index (χ0n) is 17.7. The second-order valence-corrected chi connectivity index (χ2v) is 8.38. The number of benzene rings is 1. The summed E-state index contributed by atoms with van der Waals surface area (Å²) in [6, 6.07) is 1.36. The molecule has 0 aliphatic carbocycles. The first-order chi connectivity index (χ1) is 13.5. The van der Waals surface area contributed by atoms with Crippen molar-refractivity contribution in [2.24, 2.45) is 0 Å². The highest BCUT2D eigenvalue weighted by Gasteiger charge is 2.28. The monoisotopic (exact) mass is 404 g/mol. The predicted molar refractivity (Wildman–Crippen MR) is 111 cm³/mol. The van der Waals surface area contributed by atoms with Gasteiger partial charge in [-0.25, -0.2) is 4.79 Å². The first-order valence-electron chi connectivity index (χ1n) is 9.96. The Morgan fingerprint density at radius 1 is 1.21 bits per heavy atom. The van der Waals surface area contributed by atoms with Crippen LogP contribution in [0.1, 0.15) is 74.9 Å². The van der Waals surface area contributed by atoms with E-state index in [1.54, 1.807) is 13.8 Å². The van der Waals surface area contributed by atoms with E-state index in [0.29, 0.717) is 24.0 Å². The Morgan fingerprint density at radius 2 is 1.86 bits per heavy atom. The zero-order valence-corrected chi connectivity index (χ0v) is 17.7. The Labute approximate surface area is 172 Å². The molecule has 6 heteroatoms. The molecule has 0 radical (unpaired) electrons. The van der Waals surface area contributed by atoms with Crippen molar-refractivity contribution in [3.63, 3.8) is 0 Å². The molecule has 0 saturated carbocycles. The summed E-state index contributed by atoms with van der Waals surface area (Å²) in [4.78, 5) is 11.6. The molecule has 1 aliphatic heterocycles. The summed E-state index contributed by atoms with van der Waals surface area (Å²) in [7, 11) is 0. The van der Waals surface area contributed by atoms with E-state index in [1.807, 2.05) is 19.9 Å². The number of fused-ring (bicyclic) bond motifs is 1. The van der Waals surface area contributed by atoms with Gasteiger partial charge in [-0.15, -0.1) is 0 Å². The lowest BCUT2D eigenvalue weighted by molar-refractivity contribution is -0.0509. The zero-order chi connectivity index (χ0) is 21.8. The van der Waals surface area contributed by atoms with Crippen molar-refractivity contribution in [1.29, 1.82) is 0 Å². The molecule has 0 amide bonds. The summed E-state index contributed by atoms with van der Waals surface area (Å²) >= 11 is 0. The highest BCUT2D eigenvalue weighted by molar-refractivity contribution is 5.95. The smallest absolute Gasteiger partial charge is 0.339 e. The van der Waals surface area contributed by atoms with Crippen molar-refractivity contribution < 1.29 is 30.0 Å². The van der Waals surface area contributed by atoms with Crippen LogP contribution in [-0.2, 0) is 17.8 Å². The minimum Gasteiger partial charge on any atom is -0.507 e. The summed E-state index contributed by atoms with van der Waals surface area (Å²) in [6.07, 6.45) is 6.63. The van der Waals surface area contributed by atoms with E-state index in [4.69, 9.17) is 4.74 Å². The van der Waals surface area contributed by atoms with Gasteiger partial charge in [0.2, 0.25) is 0 Å². The summed E-state index contributed by atoms with van der Waals surface area (Å²) in [5.74, 6) is -0.706. The highest BCUT2D eigenvalue weighted by atomic mass is 16.5. The van der Waals surface area contributed by atoms with Crippen LogP contribution in [0.15, 0.2) is 29.4 Å². The lowest BCUT2D eigenvalue weighted by atomic mass is 9.95. The van der Waals surface area contributed by atoms with Gasteiger partial charge in [0.1, 0.15) is 18.1 Å². The van der Waals surface area contributed by atoms with Gasteiger partial charge in [0.25, 0.3) is 0 Å². The second-order valence-electron chi connectivity index (χ2n) is 8.38. The van der Waals surface area contributed by atoms with Gasteiger partial charge >= 0.3 is 5.97 Å². The molecule has 6 nitrogen and oxygen atoms in total. The van der Waals surface area contributed by atoms with Gasteiger partial charge in [0.05, 0.1) is 17.3 Å². The van der Waals surface area contributed by atoms with E-state index in [2.05, 4.69) is 6.08 Å². The van der Waals surface area contributed by atoms with Gasteiger partial charge in [0.15, 0.2) is 0 Å². The van der Waals surface area contributed by atoms with Crippen molar-refractivity contribution in [1.82, 2.24) is 0 Å². The number of aliphatic hydroxyl groups excluding tert-OH is 1. The van der Waals surface area contributed by atoms with E-state index in [-0.39, 0.29) is 23.7 Å². The molecule has 1 heterocycles. The summed E-state index contributed by atoms with van der Waals surface area (Å²) < 4.78 is 4.91. The second kappa shape index (κ2) is 9.46. The largest absolute Gasteiger partial charge is 0.507 e. The number of aliphatic hydroxyl groups is 2. The molecule has 29 heavy (non-hydrogen) atoms. The van der Waals surface area contributed by atoms with Crippen LogP contribution >= 0.6 is 0 Å². The molecule has 1 aromatic carbocycles. The van der Waals surface area contributed by atoms with Crippen LogP contribution in [0.5, 0.6) is 11.5 Å². The minimum absolute atomic E-state index is 0.0300. The number of rotatable bonds is 9. The quantitative estimate of drug-likeness (QED) is 0.367. The van der Waals surface area contributed by atoms with Crippen molar-refractivity contribution in [3.05, 3.63) is 46.1 Å². The average molecular weight is 405 g/mol. The third kappa shape index (κ3) is 6.08. The molecular weight excluding hydrogens is 372 g/mol. The fourth-order valence-corrected chi connectivity index (χ4v) is 3.23. The number of hydrogen-bond acceptors (Lipinski definition) is 6. The number of phenolic OH excluding ortho intramolecular Hbond substituents is 2. The molecule has 1 atom stereocenters. The maximum absolute atomic E-state index is 11.6. The van der Waals surface area contributed by atoms with Crippen LogP contribution in [0.25, 0.3) is 0 Å². The van der Waals surface area contributed by atoms with Crippen molar-refractivity contribution in [2.45, 2.75) is 78.1 Å². The van der Waals surface area contributed by atoms with Crippen LogP contribution in [0, 0.1) is 0 Å². The van der Waals surface area contributed by atoms with Crippen LogP contribution in [0.4, 0.5) is 0 Å². The SMILES string of the molecule is CC(=CCc1c(O)cc2c(c1O)COC2=O)CCC=C(C)CCC(O)C(C)(C)O. The Kier molecular flexibility index (Phi) is 7.49. The maximum Gasteiger partial charge on any atom is 0.339 e. The van der Waals surface area contributed by atoms with E-state index < -0.39 is 17.7 Å². The van der Waals surface area contributed by atoms with Crippen LogP contribution < -0.4 is 0 Å². The van der Waals surface area contributed by atoms with E-state index in [1.165, 1.54) is 11.6 Å². The highest BCUT2D eigenvalue weighted by Crippen LogP contribution is 2.38. The number of carbonyl (C=O) groups is 1. The third-order valence-electron chi connectivity index (χ3n) is 5.37. The lowest BCUT2D eigenvalue weighted by Gasteiger charge is -2.24. The van der Waals surface area contributed by atoms with Gasteiger partial charge in [-0.2, -0.15) is 0 Å². The van der Waals surface area contributed by atoms with E-state index >= 15 is 0 Å². The van der Waals surface area contributed by atoms with Crippen LogP contribution in [0.3, 0.4) is 0 Å². The first kappa shape index (κ1) is 23.0.